The molecule has 0 aliphatic carbocycles. The fourth-order valence-electron chi connectivity index (χ4n) is 2.41. The zero-order chi connectivity index (χ0) is 14.0. The van der Waals surface area contributed by atoms with Gasteiger partial charge in [-0.05, 0) is 26.8 Å². The van der Waals surface area contributed by atoms with Gasteiger partial charge in [0.15, 0.2) is 0 Å². The molecule has 1 saturated heterocycles. The van der Waals surface area contributed by atoms with Gasteiger partial charge in [-0.3, -0.25) is 9.69 Å². The van der Waals surface area contributed by atoms with E-state index >= 15 is 0 Å². The van der Waals surface area contributed by atoms with Crippen molar-refractivity contribution in [3.8, 4) is 6.07 Å². The van der Waals surface area contributed by atoms with Crippen molar-refractivity contribution in [2.24, 2.45) is 0 Å². The third kappa shape index (κ3) is 2.79. The number of nitrogens with zero attached hydrogens (tertiary/aromatic N) is 3. The van der Waals surface area contributed by atoms with Crippen LogP contribution in [0.25, 0.3) is 0 Å². The molecule has 0 aromatic carbocycles. The highest BCUT2D eigenvalue weighted by atomic mass is 16.3. The lowest BCUT2D eigenvalue weighted by Gasteiger charge is -2.35. The summed E-state index contributed by atoms with van der Waals surface area (Å²) in [6.45, 7) is 8.36. The Morgan fingerprint density at radius 2 is 2.00 bits per heavy atom. The standard InChI is InChI=1S/C14H19N3O2/c1-10(9-15)16-4-6-17(7-5-16)14(18)13-8-11(2)19-12(13)3/h8,10H,4-7H2,1-3H3. The summed E-state index contributed by atoms with van der Waals surface area (Å²) < 4.78 is 5.40. The summed E-state index contributed by atoms with van der Waals surface area (Å²) in [6, 6.07) is 3.94. The Hall–Kier alpha value is -1.80. The molecule has 0 N–H and O–H groups in total. The van der Waals surface area contributed by atoms with Crippen LogP contribution in [-0.4, -0.2) is 47.9 Å². The third-order valence-corrected chi connectivity index (χ3v) is 3.61. The van der Waals surface area contributed by atoms with Crippen molar-refractivity contribution < 1.29 is 9.21 Å². The SMILES string of the molecule is Cc1cc(C(=O)N2CCN(C(C)C#N)CC2)c(C)o1. The maximum Gasteiger partial charge on any atom is 0.257 e. The van der Waals surface area contributed by atoms with E-state index in [0.29, 0.717) is 24.4 Å². The van der Waals surface area contributed by atoms with Gasteiger partial charge in [-0.1, -0.05) is 0 Å². The molecular weight excluding hydrogens is 242 g/mol. The molecule has 5 nitrogen and oxygen atoms in total. The van der Waals surface area contributed by atoms with E-state index in [0.717, 1.165) is 18.8 Å². The molecule has 1 aliphatic rings. The molecule has 1 aromatic heterocycles. The smallest absolute Gasteiger partial charge is 0.257 e. The van der Waals surface area contributed by atoms with E-state index < -0.39 is 0 Å². The number of aryl methyl sites for hydroxylation is 2. The maximum absolute atomic E-state index is 12.4. The Morgan fingerprint density at radius 1 is 1.37 bits per heavy atom. The summed E-state index contributed by atoms with van der Waals surface area (Å²) in [7, 11) is 0. The van der Waals surface area contributed by atoms with Crippen LogP contribution in [0.2, 0.25) is 0 Å². The minimum atomic E-state index is -0.0878. The number of hydrogen-bond acceptors (Lipinski definition) is 4. The van der Waals surface area contributed by atoms with Crippen molar-refractivity contribution in [3.63, 3.8) is 0 Å². The monoisotopic (exact) mass is 261 g/mol. The Bertz CT molecular complexity index is 507. The number of piperazine rings is 1. The minimum absolute atomic E-state index is 0.0265. The molecular formula is C14H19N3O2. The van der Waals surface area contributed by atoms with Gasteiger partial charge in [0.2, 0.25) is 0 Å². The molecule has 1 unspecified atom stereocenters. The fraction of sp³-hybridized carbons (Fsp3) is 0.571. The van der Waals surface area contributed by atoms with Gasteiger partial charge >= 0.3 is 0 Å². The van der Waals surface area contributed by atoms with E-state index in [1.54, 1.807) is 6.07 Å². The van der Waals surface area contributed by atoms with Crippen LogP contribution in [0.5, 0.6) is 0 Å². The highest BCUT2D eigenvalue weighted by Crippen LogP contribution is 2.17. The molecule has 19 heavy (non-hydrogen) atoms. The van der Waals surface area contributed by atoms with Crippen molar-refractivity contribution in [2.45, 2.75) is 26.8 Å². The van der Waals surface area contributed by atoms with Crippen LogP contribution in [0.15, 0.2) is 10.5 Å². The number of furan rings is 1. The summed E-state index contributed by atoms with van der Waals surface area (Å²) in [5.41, 5.74) is 0.652. The maximum atomic E-state index is 12.4. The van der Waals surface area contributed by atoms with Crippen molar-refractivity contribution in [1.82, 2.24) is 9.80 Å². The van der Waals surface area contributed by atoms with Crippen molar-refractivity contribution >= 4 is 5.91 Å². The summed E-state index contributed by atoms with van der Waals surface area (Å²) in [4.78, 5) is 16.3. The molecule has 0 bridgehead atoms. The zero-order valence-electron chi connectivity index (χ0n) is 11.6. The molecule has 1 atom stereocenters. The van der Waals surface area contributed by atoms with Gasteiger partial charge in [-0.25, -0.2) is 0 Å². The topological polar surface area (TPSA) is 60.5 Å². The Morgan fingerprint density at radius 3 is 2.47 bits per heavy atom. The molecule has 2 rings (SSSR count). The van der Waals surface area contributed by atoms with Gasteiger partial charge in [0, 0.05) is 26.2 Å². The first kappa shape index (κ1) is 13.6. The number of hydrogen-bond donors (Lipinski definition) is 0. The van der Waals surface area contributed by atoms with E-state index in [2.05, 4.69) is 11.0 Å². The van der Waals surface area contributed by atoms with Crippen molar-refractivity contribution in [3.05, 3.63) is 23.2 Å². The number of amides is 1. The number of carbonyl (C=O) groups is 1. The minimum Gasteiger partial charge on any atom is -0.466 e. The first-order valence-corrected chi connectivity index (χ1v) is 6.53. The van der Waals surface area contributed by atoms with Gasteiger partial charge in [-0.15, -0.1) is 0 Å². The summed E-state index contributed by atoms with van der Waals surface area (Å²) in [5.74, 6) is 1.46. The van der Waals surface area contributed by atoms with Gasteiger partial charge in [0.25, 0.3) is 5.91 Å². The Kier molecular flexibility index (Phi) is 3.91. The lowest BCUT2D eigenvalue weighted by molar-refractivity contribution is 0.0614. The molecule has 0 radical (unpaired) electrons. The molecule has 0 saturated carbocycles. The lowest BCUT2D eigenvalue weighted by atomic mass is 10.2. The van der Waals surface area contributed by atoms with Crippen LogP contribution in [0, 0.1) is 25.2 Å². The van der Waals surface area contributed by atoms with Crippen LogP contribution in [-0.2, 0) is 0 Å². The Labute approximate surface area is 113 Å². The normalized spacial score (nSPS) is 18.1. The molecule has 1 aromatic rings. The highest BCUT2D eigenvalue weighted by Gasteiger charge is 2.26. The van der Waals surface area contributed by atoms with Crippen LogP contribution in [0.1, 0.15) is 28.8 Å². The second-order valence-electron chi connectivity index (χ2n) is 4.96. The average Bonchev–Trinajstić information content (AvgIpc) is 2.76. The van der Waals surface area contributed by atoms with Crippen molar-refractivity contribution in [1.29, 1.82) is 5.26 Å². The van der Waals surface area contributed by atoms with E-state index in [-0.39, 0.29) is 11.9 Å². The van der Waals surface area contributed by atoms with Crippen LogP contribution in [0.3, 0.4) is 0 Å². The number of nitriles is 1. The average molecular weight is 261 g/mol. The first-order chi connectivity index (χ1) is 9.02. The van der Waals surface area contributed by atoms with Crippen LogP contribution in [0.4, 0.5) is 0 Å². The predicted octanol–water partition coefficient (Wildman–Crippen LogP) is 1.57. The fourth-order valence-corrected chi connectivity index (χ4v) is 2.41. The molecule has 1 amide bonds. The van der Waals surface area contributed by atoms with Crippen LogP contribution >= 0.6 is 0 Å². The van der Waals surface area contributed by atoms with E-state index in [1.165, 1.54) is 0 Å². The molecule has 5 heteroatoms. The van der Waals surface area contributed by atoms with Gasteiger partial charge < -0.3 is 9.32 Å². The Balaban J connectivity index is 2.00. The quantitative estimate of drug-likeness (QED) is 0.810. The highest BCUT2D eigenvalue weighted by molar-refractivity contribution is 5.95. The lowest BCUT2D eigenvalue weighted by Crippen LogP contribution is -2.51. The van der Waals surface area contributed by atoms with Gasteiger partial charge in [0.05, 0.1) is 17.7 Å². The second kappa shape index (κ2) is 5.45. The van der Waals surface area contributed by atoms with Gasteiger partial charge in [0.1, 0.15) is 11.5 Å². The molecule has 1 aliphatic heterocycles. The first-order valence-electron chi connectivity index (χ1n) is 6.53. The number of rotatable bonds is 2. The van der Waals surface area contributed by atoms with E-state index in [1.807, 2.05) is 25.7 Å². The van der Waals surface area contributed by atoms with E-state index in [9.17, 15) is 4.79 Å². The molecule has 0 spiro atoms. The molecule has 1 fully saturated rings. The van der Waals surface area contributed by atoms with E-state index in [4.69, 9.17) is 9.68 Å². The molecule has 102 valence electrons. The zero-order valence-corrected chi connectivity index (χ0v) is 11.6. The van der Waals surface area contributed by atoms with Crippen molar-refractivity contribution in [2.75, 3.05) is 26.2 Å². The summed E-state index contributed by atoms with van der Waals surface area (Å²) >= 11 is 0. The van der Waals surface area contributed by atoms with Crippen LogP contribution < -0.4 is 0 Å². The largest absolute Gasteiger partial charge is 0.466 e. The van der Waals surface area contributed by atoms with Gasteiger partial charge in [-0.2, -0.15) is 5.26 Å². The predicted molar refractivity (Wildman–Crippen MR) is 70.7 cm³/mol. The third-order valence-electron chi connectivity index (χ3n) is 3.61. The second-order valence-corrected chi connectivity index (χ2v) is 4.96. The number of carbonyl (C=O) groups excluding carboxylic acids is 1. The molecule has 2 heterocycles. The summed E-state index contributed by atoms with van der Waals surface area (Å²) in [6.07, 6.45) is 0. The summed E-state index contributed by atoms with van der Waals surface area (Å²) in [5, 5.41) is 8.89.